The van der Waals surface area contributed by atoms with Gasteiger partial charge in [0.05, 0.1) is 11.1 Å². The molecule has 2 N–H and O–H groups in total. The Labute approximate surface area is 157 Å². The molecular formula is C21H20N4O2. The Balaban J connectivity index is 1.61. The van der Waals surface area contributed by atoms with Crippen LogP contribution in [-0.2, 0) is 6.54 Å². The topological polar surface area (TPSA) is 84.0 Å². The summed E-state index contributed by atoms with van der Waals surface area (Å²) < 4.78 is 0. The monoisotopic (exact) mass is 360 g/mol. The lowest BCUT2D eigenvalue weighted by molar-refractivity contribution is 0.0949. The van der Waals surface area contributed by atoms with E-state index in [4.69, 9.17) is 0 Å². The molecule has 0 aliphatic heterocycles. The Morgan fingerprint density at radius 2 is 1.48 bits per heavy atom. The molecule has 6 heteroatoms. The van der Waals surface area contributed by atoms with E-state index in [1.807, 2.05) is 32.0 Å². The van der Waals surface area contributed by atoms with Crippen molar-refractivity contribution in [2.45, 2.75) is 20.4 Å². The maximum atomic E-state index is 12.3. The fourth-order valence-corrected chi connectivity index (χ4v) is 2.45. The molecule has 27 heavy (non-hydrogen) atoms. The van der Waals surface area contributed by atoms with Crippen LogP contribution in [-0.4, -0.2) is 21.8 Å². The number of carbonyl (C=O) groups excluding carboxylic acids is 2. The van der Waals surface area contributed by atoms with Gasteiger partial charge in [-0.2, -0.15) is 0 Å². The Morgan fingerprint density at radius 3 is 2.07 bits per heavy atom. The van der Waals surface area contributed by atoms with E-state index in [-0.39, 0.29) is 11.8 Å². The number of carbonyl (C=O) groups is 2. The van der Waals surface area contributed by atoms with E-state index in [1.165, 1.54) is 0 Å². The molecule has 0 spiro atoms. The van der Waals surface area contributed by atoms with Crippen LogP contribution in [0, 0.1) is 13.8 Å². The van der Waals surface area contributed by atoms with Crippen LogP contribution in [0.1, 0.15) is 37.7 Å². The van der Waals surface area contributed by atoms with Crippen molar-refractivity contribution in [3.63, 3.8) is 0 Å². The molecule has 0 unspecified atom stereocenters. The molecular weight excluding hydrogens is 340 g/mol. The summed E-state index contributed by atoms with van der Waals surface area (Å²) in [5.41, 5.74) is 4.25. The number of hydrogen-bond donors (Lipinski definition) is 2. The highest BCUT2D eigenvalue weighted by molar-refractivity contribution is 6.04. The third-order valence-electron chi connectivity index (χ3n) is 3.99. The SMILES string of the molecule is Cc1ccc(C(=O)NCc2cccc(NC(=O)c3ccc(C)nc3)c2)cn1. The predicted octanol–water partition coefficient (Wildman–Crippen LogP) is 3.28. The van der Waals surface area contributed by atoms with Gasteiger partial charge in [0.2, 0.25) is 0 Å². The fraction of sp³-hybridized carbons (Fsp3) is 0.143. The number of nitrogens with one attached hydrogen (secondary N) is 2. The molecule has 0 fully saturated rings. The number of anilines is 1. The Hall–Kier alpha value is -3.54. The van der Waals surface area contributed by atoms with Gasteiger partial charge in [0.25, 0.3) is 11.8 Å². The number of aromatic nitrogens is 2. The number of amides is 2. The molecule has 6 nitrogen and oxygen atoms in total. The minimum Gasteiger partial charge on any atom is -0.348 e. The average molecular weight is 360 g/mol. The third kappa shape index (κ3) is 4.98. The fourth-order valence-electron chi connectivity index (χ4n) is 2.45. The molecule has 0 aliphatic carbocycles. The summed E-state index contributed by atoms with van der Waals surface area (Å²) >= 11 is 0. The first kappa shape index (κ1) is 18.3. The van der Waals surface area contributed by atoms with Gasteiger partial charge in [0.15, 0.2) is 0 Å². The number of aryl methyl sites for hydroxylation is 2. The van der Waals surface area contributed by atoms with Crippen molar-refractivity contribution in [2.75, 3.05) is 5.32 Å². The number of rotatable bonds is 5. The molecule has 1 aromatic carbocycles. The van der Waals surface area contributed by atoms with E-state index in [0.717, 1.165) is 17.0 Å². The first-order valence-corrected chi connectivity index (χ1v) is 8.55. The van der Waals surface area contributed by atoms with Gasteiger partial charge in [0.1, 0.15) is 0 Å². The molecule has 3 aromatic rings. The second-order valence-electron chi connectivity index (χ2n) is 6.21. The van der Waals surface area contributed by atoms with Gasteiger partial charge in [0, 0.05) is 36.0 Å². The molecule has 2 amide bonds. The first-order valence-electron chi connectivity index (χ1n) is 8.55. The highest BCUT2D eigenvalue weighted by atomic mass is 16.2. The van der Waals surface area contributed by atoms with Crippen molar-refractivity contribution < 1.29 is 9.59 Å². The van der Waals surface area contributed by atoms with E-state index >= 15 is 0 Å². The smallest absolute Gasteiger partial charge is 0.257 e. The predicted molar refractivity (Wildman–Crippen MR) is 104 cm³/mol. The molecule has 0 saturated heterocycles. The number of benzene rings is 1. The second kappa shape index (κ2) is 8.23. The zero-order valence-electron chi connectivity index (χ0n) is 15.2. The standard InChI is InChI=1S/C21H20N4O2/c1-14-6-8-17(12-22-14)20(26)24-11-16-4-3-5-19(10-16)25-21(27)18-9-7-15(2)23-13-18/h3-10,12-13H,11H2,1-2H3,(H,24,26)(H,25,27). The van der Waals surface area contributed by atoms with Crippen LogP contribution in [0.3, 0.4) is 0 Å². The van der Waals surface area contributed by atoms with Crippen LogP contribution in [0.25, 0.3) is 0 Å². The summed E-state index contributed by atoms with van der Waals surface area (Å²) in [7, 11) is 0. The van der Waals surface area contributed by atoms with E-state index in [0.29, 0.717) is 23.4 Å². The van der Waals surface area contributed by atoms with Crippen molar-refractivity contribution in [2.24, 2.45) is 0 Å². The quantitative estimate of drug-likeness (QED) is 0.731. The Kier molecular flexibility index (Phi) is 5.56. The van der Waals surface area contributed by atoms with Crippen LogP contribution in [0.2, 0.25) is 0 Å². The normalized spacial score (nSPS) is 10.3. The molecule has 136 valence electrons. The van der Waals surface area contributed by atoms with Crippen molar-refractivity contribution >= 4 is 17.5 Å². The van der Waals surface area contributed by atoms with Crippen LogP contribution in [0.4, 0.5) is 5.69 Å². The highest BCUT2D eigenvalue weighted by Crippen LogP contribution is 2.13. The van der Waals surface area contributed by atoms with E-state index in [1.54, 1.807) is 42.7 Å². The number of hydrogen-bond acceptors (Lipinski definition) is 4. The van der Waals surface area contributed by atoms with Gasteiger partial charge in [-0.15, -0.1) is 0 Å². The van der Waals surface area contributed by atoms with E-state index in [2.05, 4.69) is 20.6 Å². The molecule has 2 heterocycles. The van der Waals surface area contributed by atoms with Crippen molar-refractivity contribution in [1.29, 1.82) is 0 Å². The molecule has 0 atom stereocenters. The third-order valence-corrected chi connectivity index (χ3v) is 3.99. The lowest BCUT2D eigenvalue weighted by Gasteiger charge is -2.09. The number of pyridine rings is 2. The van der Waals surface area contributed by atoms with Crippen molar-refractivity contribution in [1.82, 2.24) is 15.3 Å². The molecule has 0 saturated carbocycles. The average Bonchev–Trinajstić information content (AvgIpc) is 2.67. The minimum atomic E-state index is -0.227. The van der Waals surface area contributed by atoms with E-state index < -0.39 is 0 Å². The highest BCUT2D eigenvalue weighted by Gasteiger charge is 2.08. The van der Waals surface area contributed by atoms with Gasteiger partial charge >= 0.3 is 0 Å². The summed E-state index contributed by atoms with van der Waals surface area (Å²) in [5, 5.41) is 5.69. The maximum Gasteiger partial charge on any atom is 0.257 e. The van der Waals surface area contributed by atoms with Gasteiger partial charge < -0.3 is 10.6 Å². The zero-order chi connectivity index (χ0) is 19.2. The van der Waals surface area contributed by atoms with Crippen LogP contribution in [0.5, 0.6) is 0 Å². The summed E-state index contributed by atoms with van der Waals surface area (Å²) in [4.78, 5) is 32.7. The minimum absolute atomic E-state index is 0.192. The number of nitrogens with zero attached hydrogens (tertiary/aromatic N) is 2. The molecule has 0 aliphatic rings. The van der Waals surface area contributed by atoms with Crippen LogP contribution < -0.4 is 10.6 Å². The van der Waals surface area contributed by atoms with Crippen LogP contribution in [0.15, 0.2) is 60.9 Å². The van der Waals surface area contributed by atoms with Gasteiger partial charge in [-0.3, -0.25) is 19.6 Å². The van der Waals surface area contributed by atoms with Gasteiger partial charge in [-0.05, 0) is 55.8 Å². The maximum absolute atomic E-state index is 12.3. The molecule has 2 aromatic heterocycles. The molecule has 3 rings (SSSR count). The summed E-state index contributed by atoms with van der Waals surface area (Å²) in [6.45, 7) is 4.09. The summed E-state index contributed by atoms with van der Waals surface area (Å²) in [6.07, 6.45) is 3.10. The Bertz CT molecular complexity index is 951. The molecule has 0 radical (unpaired) electrons. The molecule has 0 bridgehead atoms. The summed E-state index contributed by atoms with van der Waals surface area (Å²) in [5.74, 6) is -0.419. The Morgan fingerprint density at radius 1 is 0.852 bits per heavy atom. The lowest BCUT2D eigenvalue weighted by atomic mass is 10.1. The second-order valence-corrected chi connectivity index (χ2v) is 6.21. The van der Waals surface area contributed by atoms with Crippen molar-refractivity contribution in [3.05, 3.63) is 89.0 Å². The van der Waals surface area contributed by atoms with Crippen LogP contribution >= 0.6 is 0 Å². The van der Waals surface area contributed by atoms with Crippen molar-refractivity contribution in [3.8, 4) is 0 Å². The van der Waals surface area contributed by atoms with Gasteiger partial charge in [-0.1, -0.05) is 12.1 Å². The van der Waals surface area contributed by atoms with E-state index in [9.17, 15) is 9.59 Å². The lowest BCUT2D eigenvalue weighted by Crippen LogP contribution is -2.23. The largest absolute Gasteiger partial charge is 0.348 e. The summed E-state index contributed by atoms with van der Waals surface area (Å²) in [6, 6.07) is 14.4. The zero-order valence-corrected chi connectivity index (χ0v) is 15.2. The van der Waals surface area contributed by atoms with Gasteiger partial charge in [-0.25, -0.2) is 0 Å². The first-order chi connectivity index (χ1) is 13.0.